The maximum atomic E-state index is 11.3. The molecule has 5 nitrogen and oxygen atoms in total. The normalized spacial score (nSPS) is 29.5. The number of rotatable bonds is 8. The third kappa shape index (κ3) is 4.73. The second kappa shape index (κ2) is 9.17. The minimum absolute atomic E-state index is 0.0344. The van der Waals surface area contributed by atoms with Gasteiger partial charge in [-0.1, -0.05) is 64.2 Å². The Bertz CT molecular complexity index is 879. The summed E-state index contributed by atoms with van der Waals surface area (Å²) in [5.41, 5.74) is 2.44. The summed E-state index contributed by atoms with van der Waals surface area (Å²) >= 11 is 0. The quantitative estimate of drug-likeness (QED) is 0.376. The molecule has 3 aliphatic rings. The van der Waals surface area contributed by atoms with Crippen molar-refractivity contribution in [3.8, 4) is 0 Å². The Morgan fingerprint density at radius 2 is 2.06 bits per heavy atom. The Morgan fingerprint density at radius 3 is 2.78 bits per heavy atom. The standard InChI is InChI=1S/C27H41N3O2/c1-6-7-8-9-12-26(2,3)20-14-23(31)25-21-13-19(16-30-18-28-17-29-30)10-11-22(21)27(4,5)32-24(25)15-20/h10,14-15,17-18,21-22,24-25,31H,6-9,11-13,16H2,1-5H3/t21?,22?,24?,25-/m1/s1. The van der Waals surface area contributed by atoms with Crippen LogP contribution in [0.1, 0.15) is 79.6 Å². The molecule has 0 bridgehead atoms. The van der Waals surface area contributed by atoms with Crippen molar-refractivity contribution in [2.24, 2.45) is 23.2 Å². The van der Waals surface area contributed by atoms with Gasteiger partial charge in [-0.15, -0.1) is 0 Å². The lowest BCUT2D eigenvalue weighted by atomic mass is 9.61. The molecular weight excluding hydrogens is 398 g/mol. The molecule has 0 aromatic carbocycles. The molecule has 1 aromatic rings. The van der Waals surface area contributed by atoms with E-state index in [2.05, 4.69) is 62.9 Å². The first-order valence-corrected chi connectivity index (χ1v) is 12.5. The molecule has 4 atom stereocenters. The van der Waals surface area contributed by atoms with Crippen LogP contribution in [0.25, 0.3) is 0 Å². The molecule has 1 fully saturated rings. The van der Waals surface area contributed by atoms with Gasteiger partial charge in [0.25, 0.3) is 0 Å². The first-order chi connectivity index (χ1) is 15.2. The molecule has 2 heterocycles. The summed E-state index contributed by atoms with van der Waals surface area (Å²) in [6.07, 6.45) is 18.2. The third-order valence-corrected chi connectivity index (χ3v) is 8.08. The molecule has 0 spiro atoms. The summed E-state index contributed by atoms with van der Waals surface area (Å²) in [6, 6.07) is 0. The predicted molar refractivity (Wildman–Crippen MR) is 128 cm³/mol. The average Bonchev–Trinajstić information content (AvgIpc) is 3.23. The number of aliphatic hydroxyl groups is 1. The molecule has 32 heavy (non-hydrogen) atoms. The van der Waals surface area contributed by atoms with Gasteiger partial charge in [0.1, 0.15) is 12.7 Å². The van der Waals surface area contributed by atoms with Gasteiger partial charge in [0.05, 0.1) is 24.0 Å². The van der Waals surface area contributed by atoms with E-state index in [0.29, 0.717) is 17.6 Å². The van der Waals surface area contributed by atoms with Crippen LogP contribution in [0.2, 0.25) is 0 Å². The minimum atomic E-state index is -0.217. The first kappa shape index (κ1) is 23.3. The summed E-state index contributed by atoms with van der Waals surface area (Å²) < 4.78 is 8.59. The predicted octanol–water partition coefficient (Wildman–Crippen LogP) is 6.40. The van der Waals surface area contributed by atoms with E-state index in [-0.39, 0.29) is 23.0 Å². The van der Waals surface area contributed by atoms with E-state index in [4.69, 9.17) is 4.74 Å². The Labute approximate surface area is 193 Å². The fourth-order valence-corrected chi connectivity index (χ4v) is 6.14. The second-order valence-electron chi connectivity index (χ2n) is 11.3. The van der Waals surface area contributed by atoms with Crippen LogP contribution in [-0.2, 0) is 11.3 Å². The summed E-state index contributed by atoms with van der Waals surface area (Å²) in [5, 5.41) is 15.6. The molecule has 5 heteroatoms. The maximum absolute atomic E-state index is 11.3. The smallest absolute Gasteiger partial charge is 0.137 e. The van der Waals surface area contributed by atoms with Crippen molar-refractivity contribution in [2.45, 2.75) is 97.8 Å². The lowest BCUT2D eigenvalue weighted by Gasteiger charge is -2.53. The highest BCUT2D eigenvalue weighted by Crippen LogP contribution is 2.53. The number of fused-ring (bicyclic) bond motifs is 3. The summed E-state index contributed by atoms with van der Waals surface area (Å²) in [7, 11) is 0. The third-order valence-electron chi connectivity index (χ3n) is 8.08. The zero-order chi connectivity index (χ0) is 22.9. The number of allylic oxidation sites excluding steroid dienone is 4. The van der Waals surface area contributed by atoms with Gasteiger partial charge in [-0.25, -0.2) is 9.67 Å². The van der Waals surface area contributed by atoms with Gasteiger partial charge in [0.15, 0.2) is 0 Å². The topological polar surface area (TPSA) is 60.2 Å². The van der Waals surface area contributed by atoms with Crippen molar-refractivity contribution >= 4 is 0 Å². The number of hydrogen-bond acceptors (Lipinski definition) is 4. The number of aromatic nitrogens is 3. The number of hydrogen-bond donors (Lipinski definition) is 1. The Hall–Kier alpha value is -1.88. The molecule has 0 saturated carbocycles. The summed E-state index contributed by atoms with van der Waals surface area (Å²) in [6.45, 7) is 12.1. The van der Waals surface area contributed by atoms with E-state index in [1.165, 1.54) is 36.8 Å². The van der Waals surface area contributed by atoms with Gasteiger partial charge < -0.3 is 9.84 Å². The zero-order valence-corrected chi connectivity index (χ0v) is 20.6. The number of aliphatic hydroxyl groups excluding tert-OH is 1. The lowest BCUT2D eigenvalue weighted by molar-refractivity contribution is -0.177. The average molecular weight is 440 g/mol. The van der Waals surface area contributed by atoms with E-state index in [9.17, 15) is 5.11 Å². The molecule has 1 saturated heterocycles. The van der Waals surface area contributed by atoms with Crippen LogP contribution < -0.4 is 0 Å². The van der Waals surface area contributed by atoms with Crippen LogP contribution in [0.3, 0.4) is 0 Å². The van der Waals surface area contributed by atoms with Crippen molar-refractivity contribution in [2.75, 3.05) is 0 Å². The van der Waals surface area contributed by atoms with Gasteiger partial charge in [-0.2, -0.15) is 5.10 Å². The van der Waals surface area contributed by atoms with Gasteiger partial charge in [0, 0.05) is 5.92 Å². The van der Waals surface area contributed by atoms with Crippen molar-refractivity contribution < 1.29 is 9.84 Å². The maximum Gasteiger partial charge on any atom is 0.137 e. The fraction of sp³-hybridized carbons (Fsp3) is 0.704. The van der Waals surface area contributed by atoms with E-state index < -0.39 is 0 Å². The SMILES string of the molecule is CCCCCCC(C)(C)C1=CC2OC(C)(C)C3CC=C(Cn4cncn4)CC3[C@@H]2C(O)=C1. The van der Waals surface area contributed by atoms with Crippen LogP contribution in [0.5, 0.6) is 0 Å². The van der Waals surface area contributed by atoms with Gasteiger partial charge in [-0.05, 0) is 62.0 Å². The minimum Gasteiger partial charge on any atom is -0.512 e. The molecular formula is C27H41N3O2. The Morgan fingerprint density at radius 1 is 1.25 bits per heavy atom. The highest BCUT2D eigenvalue weighted by Gasteiger charge is 2.52. The highest BCUT2D eigenvalue weighted by molar-refractivity contribution is 5.36. The van der Waals surface area contributed by atoms with Crippen LogP contribution >= 0.6 is 0 Å². The van der Waals surface area contributed by atoms with Crippen molar-refractivity contribution in [3.05, 3.63) is 47.8 Å². The van der Waals surface area contributed by atoms with Crippen molar-refractivity contribution in [3.63, 3.8) is 0 Å². The molecule has 1 aliphatic heterocycles. The Kier molecular flexibility index (Phi) is 6.67. The van der Waals surface area contributed by atoms with Crippen LogP contribution in [0.4, 0.5) is 0 Å². The highest BCUT2D eigenvalue weighted by atomic mass is 16.5. The summed E-state index contributed by atoms with van der Waals surface area (Å²) in [4.78, 5) is 4.08. The molecule has 2 aliphatic carbocycles. The molecule has 1 N–H and O–H groups in total. The first-order valence-electron chi connectivity index (χ1n) is 12.5. The Balaban J connectivity index is 1.54. The molecule has 0 radical (unpaired) electrons. The van der Waals surface area contributed by atoms with Crippen LogP contribution in [0.15, 0.2) is 47.8 Å². The van der Waals surface area contributed by atoms with Gasteiger partial charge >= 0.3 is 0 Å². The monoisotopic (exact) mass is 439 g/mol. The van der Waals surface area contributed by atoms with Crippen molar-refractivity contribution in [1.29, 1.82) is 0 Å². The van der Waals surface area contributed by atoms with E-state index in [0.717, 1.165) is 25.8 Å². The molecule has 176 valence electrons. The van der Waals surface area contributed by atoms with Crippen LogP contribution in [0, 0.1) is 23.2 Å². The summed E-state index contributed by atoms with van der Waals surface area (Å²) in [5.74, 6) is 1.32. The molecule has 4 rings (SSSR count). The number of unbranched alkanes of at least 4 members (excludes halogenated alkanes) is 3. The largest absolute Gasteiger partial charge is 0.512 e. The van der Waals surface area contributed by atoms with Crippen LogP contribution in [-0.4, -0.2) is 31.6 Å². The van der Waals surface area contributed by atoms with E-state index in [1.807, 2.05) is 4.68 Å². The molecule has 1 aromatic heterocycles. The van der Waals surface area contributed by atoms with Gasteiger partial charge in [-0.3, -0.25) is 0 Å². The van der Waals surface area contributed by atoms with Crippen molar-refractivity contribution in [1.82, 2.24) is 14.8 Å². The molecule has 0 amide bonds. The van der Waals surface area contributed by atoms with E-state index in [1.54, 1.807) is 12.7 Å². The second-order valence-corrected chi connectivity index (χ2v) is 11.3. The van der Waals surface area contributed by atoms with E-state index >= 15 is 0 Å². The lowest BCUT2D eigenvalue weighted by Crippen LogP contribution is -2.54. The number of ether oxygens (including phenoxy) is 1. The number of nitrogens with zero attached hydrogens (tertiary/aromatic N) is 3. The molecule has 3 unspecified atom stereocenters. The zero-order valence-electron chi connectivity index (χ0n) is 20.6. The van der Waals surface area contributed by atoms with Gasteiger partial charge in [0.2, 0.25) is 0 Å². The fourth-order valence-electron chi connectivity index (χ4n) is 6.14.